The van der Waals surface area contributed by atoms with Crippen LogP contribution in [-0.2, 0) is 14.8 Å². The number of thiophene rings is 1. The summed E-state index contributed by atoms with van der Waals surface area (Å²) in [4.78, 5) is 16.0. The predicted molar refractivity (Wildman–Crippen MR) is 96.6 cm³/mol. The monoisotopic (exact) mass is 403 g/mol. The molecule has 3 rings (SSSR count). The van der Waals surface area contributed by atoms with Crippen LogP contribution in [0.2, 0.25) is 0 Å². The van der Waals surface area contributed by atoms with Gasteiger partial charge in [-0.15, -0.1) is 23.7 Å². The third kappa shape index (κ3) is 4.01. The van der Waals surface area contributed by atoms with Gasteiger partial charge in [-0.05, 0) is 17.7 Å². The Morgan fingerprint density at radius 2 is 2.28 bits per heavy atom. The molecule has 0 amide bonds. The van der Waals surface area contributed by atoms with Crippen LogP contribution >= 0.6 is 23.7 Å². The largest absolute Gasteiger partial charge is 0.465 e. The number of aromatic nitrogens is 1. The Labute approximate surface area is 156 Å². The maximum absolute atomic E-state index is 13.0. The zero-order chi connectivity index (χ0) is 17.2. The quantitative estimate of drug-likeness (QED) is 0.781. The molecule has 1 aliphatic rings. The van der Waals surface area contributed by atoms with Gasteiger partial charge >= 0.3 is 5.97 Å². The van der Waals surface area contributed by atoms with Gasteiger partial charge in [0.1, 0.15) is 4.88 Å². The summed E-state index contributed by atoms with van der Waals surface area (Å²) in [5.41, 5.74) is 0.830. The Balaban J connectivity index is 0.00000225. The number of esters is 1. The van der Waals surface area contributed by atoms with E-state index in [1.165, 1.54) is 22.9 Å². The zero-order valence-electron chi connectivity index (χ0n) is 13.4. The van der Waals surface area contributed by atoms with E-state index < -0.39 is 16.0 Å². The molecular formula is C15H18ClN3O4S2. The van der Waals surface area contributed by atoms with Gasteiger partial charge in [0, 0.05) is 37.4 Å². The molecule has 7 nitrogen and oxygen atoms in total. The van der Waals surface area contributed by atoms with Crippen molar-refractivity contribution in [1.29, 1.82) is 0 Å². The number of hydrogen-bond acceptors (Lipinski definition) is 7. The molecule has 2 aromatic heterocycles. The first kappa shape index (κ1) is 19.8. The molecule has 2 aromatic rings. The molecule has 1 aliphatic heterocycles. The van der Waals surface area contributed by atoms with Gasteiger partial charge in [0.15, 0.2) is 0 Å². The first-order chi connectivity index (χ1) is 11.5. The highest BCUT2D eigenvalue weighted by Gasteiger charge is 2.35. The topological polar surface area (TPSA) is 88.6 Å². The van der Waals surface area contributed by atoms with Gasteiger partial charge in [0.05, 0.1) is 18.0 Å². The number of carbonyl (C=O) groups excluding carboxylic acids is 1. The van der Waals surface area contributed by atoms with E-state index in [4.69, 9.17) is 0 Å². The molecule has 25 heavy (non-hydrogen) atoms. The van der Waals surface area contributed by atoms with E-state index in [2.05, 4.69) is 15.0 Å². The lowest BCUT2D eigenvalue weighted by Crippen LogP contribution is -2.48. The molecule has 0 saturated carbocycles. The number of halogens is 1. The molecule has 136 valence electrons. The predicted octanol–water partition coefficient (Wildman–Crippen LogP) is 1.69. The summed E-state index contributed by atoms with van der Waals surface area (Å²) >= 11 is 1.06. The van der Waals surface area contributed by atoms with Gasteiger partial charge in [-0.2, -0.15) is 4.31 Å². The van der Waals surface area contributed by atoms with Crippen LogP contribution in [0.4, 0.5) is 0 Å². The van der Waals surface area contributed by atoms with Crippen LogP contribution in [0.3, 0.4) is 0 Å². The number of sulfonamides is 1. The summed E-state index contributed by atoms with van der Waals surface area (Å²) < 4.78 is 32.2. The normalized spacial score (nSPS) is 18.4. The molecule has 10 heteroatoms. The third-order valence-corrected chi connectivity index (χ3v) is 6.78. The van der Waals surface area contributed by atoms with Crippen LogP contribution in [0.1, 0.15) is 21.3 Å². The summed E-state index contributed by atoms with van der Waals surface area (Å²) in [5.74, 6) is -0.537. The Bertz CT molecular complexity index is 826. The summed E-state index contributed by atoms with van der Waals surface area (Å²) in [6.45, 7) is 1.44. The molecule has 0 aliphatic carbocycles. The van der Waals surface area contributed by atoms with Gasteiger partial charge in [-0.25, -0.2) is 13.2 Å². The van der Waals surface area contributed by atoms with Crippen molar-refractivity contribution in [3.8, 4) is 0 Å². The number of hydrogen-bond donors (Lipinski definition) is 1. The molecule has 1 unspecified atom stereocenters. The SMILES string of the molecule is COC(=O)c1cc(S(=O)(=O)N2CCNCC2c2cccnc2)cs1.Cl. The van der Waals surface area contributed by atoms with Crippen LogP contribution < -0.4 is 5.32 Å². The molecular weight excluding hydrogens is 386 g/mol. The molecule has 0 radical (unpaired) electrons. The second kappa shape index (κ2) is 8.24. The Morgan fingerprint density at radius 3 is 2.96 bits per heavy atom. The van der Waals surface area contributed by atoms with E-state index in [0.29, 0.717) is 19.6 Å². The number of carbonyl (C=O) groups is 1. The molecule has 0 spiro atoms. The summed E-state index contributed by atoms with van der Waals surface area (Å²) in [6.07, 6.45) is 3.33. The fraction of sp³-hybridized carbons (Fsp3) is 0.333. The summed E-state index contributed by atoms with van der Waals surface area (Å²) in [5, 5.41) is 4.69. The van der Waals surface area contributed by atoms with Crippen molar-refractivity contribution in [2.75, 3.05) is 26.7 Å². The highest BCUT2D eigenvalue weighted by molar-refractivity contribution is 7.89. The molecule has 1 atom stereocenters. The molecule has 1 fully saturated rings. The maximum Gasteiger partial charge on any atom is 0.348 e. The van der Waals surface area contributed by atoms with Gasteiger partial charge in [0.25, 0.3) is 0 Å². The summed E-state index contributed by atoms with van der Waals surface area (Å²) in [7, 11) is -2.44. The van der Waals surface area contributed by atoms with Gasteiger partial charge in [-0.1, -0.05) is 6.07 Å². The van der Waals surface area contributed by atoms with E-state index in [1.807, 2.05) is 6.07 Å². The number of nitrogens with zero attached hydrogens (tertiary/aromatic N) is 2. The van der Waals surface area contributed by atoms with E-state index in [0.717, 1.165) is 16.9 Å². The number of pyridine rings is 1. The van der Waals surface area contributed by atoms with Crippen molar-refractivity contribution in [1.82, 2.24) is 14.6 Å². The fourth-order valence-corrected chi connectivity index (χ4v) is 5.42. The van der Waals surface area contributed by atoms with Crippen molar-refractivity contribution in [2.24, 2.45) is 0 Å². The lowest BCUT2D eigenvalue weighted by atomic mass is 10.1. The maximum atomic E-state index is 13.0. The fourth-order valence-electron chi connectivity index (χ4n) is 2.63. The number of ether oxygens (including phenoxy) is 1. The van der Waals surface area contributed by atoms with E-state index in [9.17, 15) is 13.2 Å². The minimum absolute atomic E-state index is 0. The average Bonchev–Trinajstić information content (AvgIpc) is 3.13. The van der Waals surface area contributed by atoms with Crippen molar-refractivity contribution < 1.29 is 17.9 Å². The van der Waals surface area contributed by atoms with Crippen LogP contribution in [-0.4, -0.2) is 50.4 Å². The minimum atomic E-state index is -3.71. The number of rotatable bonds is 4. The molecule has 0 bridgehead atoms. The number of methoxy groups -OCH3 is 1. The highest BCUT2D eigenvalue weighted by Crippen LogP contribution is 2.30. The Kier molecular flexibility index (Phi) is 6.53. The molecule has 3 heterocycles. The average molecular weight is 404 g/mol. The van der Waals surface area contributed by atoms with Crippen LogP contribution in [0, 0.1) is 0 Å². The number of nitrogens with one attached hydrogen (secondary N) is 1. The zero-order valence-corrected chi connectivity index (χ0v) is 15.9. The first-order valence-electron chi connectivity index (χ1n) is 7.33. The van der Waals surface area contributed by atoms with Gasteiger partial charge in [-0.3, -0.25) is 4.98 Å². The van der Waals surface area contributed by atoms with Crippen molar-refractivity contribution in [3.63, 3.8) is 0 Å². The molecule has 1 saturated heterocycles. The first-order valence-corrected chi connectivity index (χ1v) is 9.65. The Morgan fingerprint density at radius 1 is 1.48 bits per heavy atom. The van der Waals surface area contributed by atoms with E-state index >= 15 is 0 Å². The third-order valence-electron chi connectivity index (χ3n) is 3.83. The summed E-state index contributed by atoms with van der Waals surface area (Å²) in [6, 6.07) is 4.68. The van der Waals surface area contributed by atoms with Gasteiger partial charge in [0.2, 0.25) is 10.0 Å². The Hall–Kier alpha value is -1.52. The van der Waals surface area contributed by atoms with Crippen molar-refractivity contribution in [2.45, 2.75) is 10.9 Å². The number of piperazine rings is 1. The van der Waals surface area contributed by atoms with E-state index in [1.54, 1.807) is 18.5 Å². The van der Waals surface area contributed by atoms with Crippen molar-refractivity contribution in [3.05, 3.63) is 46.4 Å². The van der Waals surface area contributed by atoms with Crippen molar-refractivity contribution >= 4 is 39.7 Å². The molecule has 0 aromatic carbocycles. The van der Waals surface area contributed by atoms with Crippen LogP contribution in [0.15, 0.2) is 40.9 Å². The van der Waals surface area contributed by atoms with E-state index in [-0.39, 0.29) is 28.2 Å². The minimum Gasteiger partial charge on any atom is -0.465 e. The molecule has 1 N–H and O–H groups in total. The smallest absolute Gasteiger partial charge is 0.348 e. The standard InChI is InChI=1S/C15H17N3O4S2.ClH/c1-22-15(19)14-7-12(10-23-14)24(20,21)18-6-5-17-9-13(18)11-3-2-4-16-8-11;/h2-4,7-8,10,13,17H,5-6,9H2,1H3;1H. The van der Waals surface area contributed by atoms with Crippen LogP contribution in [0.25, 0.3) is 0 Å². The van der Waals surface area contributed by atoms with Gasteiger partial charge < -0.3 is 10.1 Å². The lowest BCUT2D eigenvalue weighted by molar-refractivity contribution is 0.0606. The lowest BCUT2D eigenvalue weighted by Gasteiger charge is -2.35. The highest BCUT2D eigenvalue weighted by atomic mass is 35.5. The van der Waals surface area contributed by atoms with Crippen LogP contribution in [0.5, 0.6) is 0 Å². The second-order valence-electron chi connectivity index (χ2n) is 5.26. The second-order valence-corrected chi connectivity index (χ2v) is 8.06.